The Morgan fingerprint density at radius 2 is 1.70 bits per heavy atom. The maximum atomic E-state index is 6.27. The molecule has 0 N–H and O–H groups in total. The van der Waals surface area contributed by atoms with Gasteiger partial charge in [0.2, 0.25) is 0 Å². The van der Waals surface area contributed by atoms with E-state index in [1.54, 1.807) is 0 Å². The number of ether oxygens (including phenoxy) is 4. The second kappa shape index (κ2) is 8.81. The van der Waals surface area contributed by atoms with Gasteiger partial charge in [0.05, 0.1) is 31.5 Å². The number of fused-ring (bicyclic) bond motifs is 1. The van der Waals surface area contributed by atoms with Gasteiger partial charge in [-0.25, -0.2) is 0 Å². The Hall–Kier alpha value is -1.98. The molecule has 142 valence electrons. The van der Waals surface area contributed by atoms with E-state index >= 15 is 0 Å². The highest BCUT2D eigenvalue weighted by Gasteiger charge is 2.43. The summed E-state index contributed by atoms with van der Waals surface area (Å²) in [4.78, 5) is 0. The van der Waals surface area contributed by atoms with Crippen LogP contribution in [0.2, 0.25) is 0 Å². The van der Waals surface area contributed by atoms with E-state index in [1.165, 1.54) is 0 Å². The van der Waals surface area contributed by atoms with Crippen molar-refractivity contribution in [3.63, 3.8) is 0 Å². The van der Waals surface area contributed by atoms with Crippen molar-refractivity contribution >= 4 is 0 Å². The Kier molecular flexibility index (Phi) is 6.00. The van der Waals surface area contributed by atoms with Crippen molar-refractivity contribution in [2.75, 3.05) is 6.61 Å². The van der Waals surface area contributed by atoms with E-state index in [2.05, 4.69) is 18.7 Å². The summed E-state index contributed by atoms with van der Waals surface area (Å²) in [5, 5.41) is 0. The van der Waals surface area contributed by atoms with E-state index in [0.717, 1.165) is 24.0 Å². The number of hydrogen-bond acceptors (Lipinski definition) is 4. The van der Waals surface area contributed by atoms with Crippen LogP contribution in [0.5, 0.6) is 0 Å². The summed E-state index contributed by atoms with van der Waals surface area (Å²) in [7, 11) is 0. The summed E-state index contributed by atoms with van der Waals surface area (Å²) in [5.41, 5.74) is 2.19. The predicted octanol–water partition coefficient (Wildman–Crippen LogP) is 4.42. The van der Waals surface area contributed by atoms with Crippen molar-refractivity contribution in [3.05, 3.63) is 84.4 Å². The first-order valence-electron chi connectivity index (χ1n) is 9.57. The van der Waals surface area contributed by atoms with Gasteiger partial charge < -0.3 is 18.9 Å². The highest BCUT2D eigenvalue weighted by molar-refractivity contribution is 5.16. The average molecular weight is 366 g/mol. The summed E-state index contributed by atoms with van der Waals surface area (Å²) < 4.78 is 24.6. The molecule has 0 aromatic heterocycles. The molecule has 4 nitrogen and oxygen atoms in total. The summed E-state index contributed by atoms with van der Waals surface area (Å²) >= 11 is 0. The standard InChI is InChI=1S/C23H26O4/c1-2-9-19-20(24-15-17-10-5-3-6-11-17)14-21-22(26-19)16-25-23(27-21)18-12-7-4-8-13-18/h2-8,10-13,19-23H,1,9,14-16H2/t19-,20-,21-,22+,23+/m0/s1. The lowest BCUT2D eigenvalue weighted by atomic mass is 9.95. The second-order valence-corrected chi connectivity index (χ2v) is 7.06. The van der Waals surface area contributed by atoms with Crippen LogP contribution in [0.4, 0.5) is 0 Å². The first-order chi connectivity index (χ1) is 13.3. The molecule has 2 heterocycles. The van der Waals surface area contributed by atoms with E-state index in [0.29, 0.717) is 13.2 Å². The van der Waals surface area contributed by atoms with Gasteiger partial charge in [0.25, 0.3) is 0 Å². The minimum Gasteiger partial charge on any atom is -0.371 e. The Bertz CT molecular complexity index is 718. The van der Waals surface area contributed by atoms with Crippen molar-refractivity contribution < 1.29 is 18.9 Å². The van der Waals surface area contributed by atoms with Crippen molar-refractivity contribution in [1.29, 1.82) is 0 Å². The van der Waals surface area contributed by atoms with Crippen LogP contribution in [0, 0.1) is 0 Å². The number of rotatable bonds is 6. The van der Waals surface area contributed by atoms with Gasteiger partial charge in [0, 0.05) is 12.0 Å². The van der Waals surface area contributed by atoms with E-state index < -0.39 is 0 Å². The molecule has 0 radical (unpaired) electrons. The van der Waals surface area contributed by atoms with Crippen molar-refractivity contribution in [3.8, 4) is 0 Å². The molecule has 0 aliphatic carbocycles. The first kappa shape index (κ1) is 18.4. The van der Waals surface area contributed by atoms with Gasteiger partial charge in [-0.3, -0.25) is 0 Å². The first-order valence-corrected chi connectivity index (χ1v) is 9.57. The van der Waals surface area contributed by atoms with Crippen LogP contribution in [-0.2, 0) is 25.6 Å². The zero-order valence-corrected chi connectivity index (χ0v) is 15.4. The third-order valence-corrected chi connectivity index (χ3v) is 5.13. The summed E-state index contributed by atoms with van der Waals surface area (Å²) in [6.07, 6.45) is 2.94. The molecule has 2 aromatic rings. The zero-order valence-electron chi connectivity index (χ0n) is 15.4. The second-order valence-electron chi connectivity index (χ2n) is 7.06. The molecule has 4 heteroatoms. The van der Waals surface area contributed by atoms with Crippen LogP contribution < -0.4 is 0 Å². The van der Waals surface area contributed by atoms with Gasteiger partial charge in [-0.05, 0) is 12.0 Å². The van der Waals surface area contributed by atoms with E-state index in [-0.39, 0.29) is 30.7 Å². The van der Waals surface area contributed by atoms with Crippen LogP contribution >= 0.6 is 0 Å². The molecular weight excluding hydrogens is 340 g/mol. The summed E-state index contributed by atoms with van der Waals surface area (Å²) in [6, 6.07) is 20.3. The quantitative estimate of drug-likeness (QED) is 0.709. The minimum absolute atomic E-state index is 0.0204. The van der Waals surface area contributed by atoms with Crippen LogP contribution in [0.3, 0.4) is 0 Å². The zero-order chi connectivity index (χ0) is 18.5. The molecule has 0 amide bonds. The molecule has 27 heavy (non-hydrogen) atoms. The molecule has 2 saturated heterocycles. The van der Waals surface area contributed by atoms with Gasteiger partial charge >= 0.3 is 0 Å². The summed E-state index contributed by atoms with van der Waals surface area (Å²) in [6.45, 7) is 4.96. The molecule has 4 rings (SSSR count). The smallest absolute Gasteiger partial charge is 0.184 e. The van der Waals surface area contributed by atoms with Gasteiger partial charge in [-0.2, -0.15) is 0 Å². The molecule has 2 aromatic carbocycles. The fourth-order valence-corrected chi connectivity index (χ4v) is 3.71. The van der Waals surface area contributed by atoms with Crippen LogP contribution in [0.1, 0.15) is 30.3 Å². The topological polar surface area (TPSA) is 36.9 Å². The van der Waals surface area contributed by atoms with Gasteiger partial charge in [-0.15, -0.1) is 6.58 Å². The van der Waals surface area contributed by atoms with Crippen molar-refractivity contribution in [2.45, 2.75) is 50.2 Å². The minimum atomic E-state index is -0.346. The van der Waals surface area contributed by atoms with Crippen LogP contribution in [-0.4, -0.2) is 31.0 Å². The normalized spacial score (nSPS) is 30.4. The van der Waals surface area contributed by atoms with Gasteiger partial charge in [0.1, 0.15) is 6.10 Å². The van der Waals surface area contributed by atoms with Gasteiger partial charge in [-0.1, -0.05) is 66.7 Å². The van der Waals surface area contributed by atoms with E-state index in [4.69, 9.17) is 18.9 Å². The SMILES string of the molecule is C=CC[C@@H]1O[C@@H]2CO[C@@H](c3ccccc3)O[C@H]2C[C@@H]1OCc1ccccc1. The number of benzene rings is 2. The van der Waals surface area contributed by atoms with Crippen LogP contribution in [0.25, 0.3) is 0 Å². The highest BCUT2D eigenvalue weighted by Crippen LogP contribution is 2.35. The molecule has 0 saturated carbocycles. The number of hydrogen-bond donors (Lipinski definition) is 0. The molecule has 5 atom stereocenters. The average Bonchev–Trinajstić information content (AvgIpc) is 2.73. The maximum Gasteiger partial charge on any atom is 0.184 e. The summed E-state index contributed by atoms with van der Waals surface area (Å²) in [5.74, 6) is 0. The maximum absolute atomic E-state index is 6.27. The Labute approximate surface area is 160 Å². The fraction of sp³-hybridized carbons (Fsp3) is 0.391. The van der Waals surface area contributed by atoms with Crippen LogP contribution in [0.15, 0.2) is 73.3 Å². The molecular formula is C23H26O4. The third-order valence-electron chi connectivity index (χ3n) is 5.13. The van der Waals surface area contributed by atoms with Crippen molar-refractivity contribution in [2.24, 2.45) is 0 Å². The lowest BCUT2D eigenvalue weighted by Gasteiger charge is -2.45. The van der Waals surface area contributed by atoms with Crippen molar-refractivity contribution in [1.82, 2.24) is 0 Å². The van der Waals surface area contributed by atoms with E-state index in [1.807, 2.05) is 54.6 Å². The fourth-order valence-electron chi connectivity index (χ4n) is 3.71. The Balaban J connectivity index is 1.42. The third kappa shape index (κ3) is 4.47. The Morgan fingerprint density at radius 3 is 2.44 bits per heavy atom. The monoisotopic (exact) mass is 366 g/mol. The van der Waals surface area contributed by atoms with E-state index in [9.17, 15) is 0 Å². The molecule has 2 aliphatic rings. The largest absolute Gasteiger partial charge is 0.371 e. The predicted molar refractivity (Wildman–Crippen MR) is 103 cm³/mol. The molecule has 0 bridgehead atoms. The lowest BCUT2D eigenvalue weighted by Crippen LogP contribution is -2.53. The molecule has 0 spiro atoms. The Morgan fingerprint density at radius 1 is 0.963 bits per heavy atom. The molecule has 2 aliphatic heterocycles. The molecule has 0 unspecified atom stereocenters. The lowest BCUT2D eigenvalue weighted by molar-refractivity contribution is -0.305. The highest BCUT2D eigenvalue weighted by atomic mass is 16.7. The molecule has 2 fully saturated rings. The van der Waals surface area contributed by atoms with Gasteiger partial charge in [0.15, 0.2) is 6.29 Å².